The van der Waals surface area contributed by atoms with Crippen molar-refractivity contribution in [3.8, 4) is 11.3 Å². The number of carbonyl (C=O) groups excluding carboxylic acids is 1. The van der Waals surface area contributed by atoms with Gasteiger partial charge in [-0.3, -0.25) is 0 Å². The number of hydrogen-bond acceptors (Lipinski definition) is 4. The first-order valence-corrected chi connectivity index (χ1v) is 12.7. The van der Waals surface area contributed by atoms with Crippen molar-refractivity contribution >= 4 is 49.4 Å². The summed E-state index contributed by atoms with van der Waals surface area (Å²) in [7, 11) is 0. The molecule has 0 aliphatic carbocycles. The molecule has 0 N–H and O–H groups in total. The van der Waals surface area contributed by atoms with E-state index in [2.05, 4.69) is 48.6 Å². The molecule has 172 valence electrons. The van der Waals surface area contributed by atoms with Gasteiger partial charge in [-0.05, 0) is 46.1 Å². The van der Waals surface area contributed by atoms with E-state index in [1.807, 2.05) is 42.5 Å². The van der Waals surface area contributed by atoms with E-state index < -0.39 is 0 Å². The van der Waals surface area contributed by atoms with Gasteiger partial charge < -0.3 is 18.8 Å². The Bertz CT molecular complexity index is 1160. The Kier molecular flexibility index (Phi) is 7.83. The molecule has 4 rings (SSSR count). The third-order valence-corrected chi connectivity index (χ3v) is 6.93. The lowest BCUT2D eigenvalue weighted by atomic mass is 10.0. The molecular formula is C25H22Br2ClNO4. The van der Waals surface area contributed by atoms with Gasteiger partial charge in [0.25, 0.3) is 0 Å². The highest BCUT2D eigenvalue weighted by molar-refractivity contribution is 9.10. The van der Waals surface area contributed by atoms with Gasteiger partial charge in [-0.15, -0.1) is 0 Å². The van der Waals surface area contributed by atoms with Gasteiger partial charge in [0.15, 0.2) is 5.76 Å². The van der Waals surface area contributed by atoms with Crippen molar-refractivity contribution in [2.24, 2.45) is 0 Å². The average Bonchev–Trinajstić information content (AvgIpc) is 3.45. The second kappa shape index (κ2) is 10.8. The number of rotatable bonds is 8. The van der Waals surface area contributed by atoms with Gasteiger partial charge in [0, 0.05) is 22.5 Å². The van der Waals surface area contributed by atoms with Gasteiger partial charge in [0.2, 0.25) is 6.79 Å². The van der Waals surface area contributed by atoms with E-state index >= 15 is 0 Å². The van der Waals surface area contributed by atoms with E-state index in [-0.39, 0.29) is 25.4 Å². The minimum atomic E-state index is -0.385. The minimum Gasteiger partial charge on any atom is -0.462 e. The molecule has 8 heteroatoms. The maximum absolute atomic E-state index is 13.0. The van der Waals surface area contributed by atoms with Gasteiger partial charge in [-0.25, -0.2) is 4.79 Å². The lowest BCUT2D eigenvalue weighted by Gasteiger charge is -2.24. The summed E-state index contributed by atoms with van der Waals surface area (Å²) in [5, 5.41) is 1.07. The first-order valence-electron chi connectivity index (χ1n) is 10.4. The van der Waals surface area contributed by atoms with E-state index in [0.29, 0.717) is 32.6 Å². The van der Waals surface area contributed by atoms with Crippen LogP contribution in [-0.2, 0) is 26.0 Å². The molecule has 1 aliphatic rings. The van der Waals surface area contributed by atoms with Crippen LogP contribution >= 0.6 is 43.5 Å². The van der Waals surface area contributed by atoms with E-state index in [4.69, 9.17) is 25.8 Å². The van der Waals surface area contributed by atoms with Gasteiger partial charge in [-0.1, -0.05) is 70.0 Å². The van der Waals surface area contributed by atoms with E-state index in [0.717, 1.165) is 22.5 Å². The maximum atomic E-state index is 13.0. The molecule has 2 aromatic carbocycles. The zero-order valence-corrected chi connectivity index (χ0v) is 21.8. The largest absolute Gasteiger partial charge is 0.462 e. The number of benzene rings is 2. The van der Waals surface area contributed by atoms with Gasteiger partial charge in [-0.2, -0.15) is 0 Å². The molecule has 0 amide bonds. The van der Waals surface area contributed by atoms with Crippen LogP contribution in [0.2, 0.25) is 5.02 Å². The lowest BCUT2D eigenvalue weighted by Crippen LogP contribution is -2.19. The molecule has 0 bridgehead atoms. The van der Waals surface area contributed by atoms with Crippen molar-refractivity contribution in [3.63, 3.8) is 0 Å². The third-order valence-electron chi connectivity index (χ3n) is 5.38. The fraction of sp³-hybridized carbons (Fsp3) is 0.240. The fourth-order valence-electron chi connectivity index (χ4n) is 3.95. The smallest absolute Gasteiger partial charge is 0.341 e. The molecule has 1 aliphatic heterocycles. The van der Waals surface area contributed by atoms with Crippen LogP contribution in [0, 0.1) is 0 Å². The van der Waals surface area contributed by atoms with Gasteiger partial charge in [0.05, 0.1) is 28.4 Å². The summed E-state index contributed by atoms with van der Waals surface area (Å²) >= 11 is 13.5. The number of esters is 1. The van der Waals surface area contributed by atoms with E-state index in [1.54, 1.807) is 13.2 Å². The Morgan fingerprint density at radius 2 is 1.91 bits per heavy atom. The molecular weight excluding hydrogens is 574 g/mol. The van der Waals surface area contributed by atoms with Crippen LogP contribution in [-0.4, -0.2) is 23.9 Å². The SMILES string of the molecule is CCOC(=O)c1c(Br)c(-c2ccc(Cl)cc2)n(C(Cc2ccccc2)C2=COCO2)c1CBr. The monoisotopic (exact) mass is 593 g/mol. The molecule has 0 spiro atoms. The standard InChI is InChI=1S/C25H22Br2ClNO4/c1-2-32-25(30)22-20(13-26)29(24(23(22)27)17-8-10-18(28)11-9-17)19(21-14-31-15-33-21)12-16-6-4-3-5-7-16/h3-11,14,19H,2,12-13,15H2,1H3. The molecule has 0 saturated heterocycles. The number of allylic oxidation sites excluding steroid dienone is 1. The Morgan fingerprint density at radius 3 is 2.52 bits per heavy atom. The molecule has 0 fully saturated rings. The number of aromatic nitrogens is 1. The Morgan fingerprint density at radius 1 is 1.18 bits per heavy atom. The first-order chi connectivity index (χ1) is 16.0. The predicted octanol–water partition coefficient (Wildman–Crippen LogP) is 7.27. The van der Waals surface area contributed by atoms with Crippen LogP contribution < -0.4 is 0 Å². The van der Waals surface area contributed by atoms with Crippen LogP contribution in [0.5, 0.6) is 0 Å². The van der Waals surface area contributed by atoms with Crippen LogP contribution in [0.3, 0.4) is 0 Å². The van der Waals surface area contributed by atoms with E-state index in [1.165, 1.54) is 0 Å². The van der Waals surface area contributed by atoms with Crippen LogP contribution in [0.4, 0.5) is 0 Å². The number of alkyl halides is 1. The average molecular weight is 596 g/mol. The summed E-state index contributed by atoms with van der Waals surface area (Å²) in [4.78, 5) is 13.0. The highest BCUT2D eigenvalue weighted by atomic mass is 79.9. The molecule has 2 heterocycles. The Balaban J connectivity index is 1.97. The van der Waals surface area contributed by atoms with Crippen LogP contribution in [0.25, 0.3) is 11.3 Å². The zero-order valence-electron chi connectivity index (χ0n) is 17.9. The quantitative estimate of drug-likeness (QED) is 0.203. The first kappa shape index (κ1) is 23.9. The zero-order chi connectivity index (χ0) is 23.4. The van der Waals surface area contributed by atoms with Crippen molar-refractivity contribution in [1.29, 1.82) is 0 Å². The van der Waals surface area contributed by atoms with Crippen LogP contribution in [0.15, 0.2) is 71.1 Å². The number of ether oxygens (including phenoxy) is 3. The Hall–Kier alpha value is -2.22. The highest BCUT2D eigenvalue weighted by Crippen LogP contribution is 2.43. The van der Waals surface area contributed by atoms with Crippen molar-refractivity contribution < 1.29 is 19.0 Å². The van der Waals surface area contributed by atoms with Crippen molar-refractivity contribution in [2.75, 3.05) is 13.4 Å². The predicted molar refractivity (Wildman–Crippen MR) is 135 cm³/mol. The fourth-order valence-corrected chi connectivity index (χ4v) is 5.44. The molecule has 33 heavy (non-hydrogen) atoms. The molecule has 1 aromatic heterocycles. The molecule has 0 saturated carbocycles. The van der Waals surface area contributed by atoms with E-state index in [9.17, 15) is 4.79 Å². The summed E-state index contributed by atoms with van der Waals surface area (Å²) in [6.45, 7) is 2.24. The summed E-state index contributed by atoms with van der Waals surface area (Å²) in [6.07, 6.45) is 2.29. The van der Waals surface area contributed by atoms with Gasteiger partial charge >= 0.3 is 5.97 Å². The summed E-state index contributed by atoms with van der Waals surface area (Å²) < 4.78 is 19.5. The molecule has 1 unspecified atom stereocenters. The minimum absolute atomic E-state index is 0.160. The lowest BCUT2D eigenvalue weighted by molar-refractivity contribution is 0.0523. The molecule has 1 atom stereocenters. The number of halogens is 3. The Labute approximate surface area is 214 Å². The van der Waals surface area contributed by atoms with Crippen molar-refractivity contribution in [1.82, 2.24) is 4.57 Å². The normalized spacial score (nSPS) is 13.8. The number of hydrogen-bond donors (Lipinski definition) is 0. The molecule has 0 radical (unpaired) electrons. The highest BCUT2D eigenvalue weighted by Gasteiger charge is 2.33. The van der Waals surface area contributed by atoms with Crippen molar-refractivity contribution in [3.05, 3.63) is 92.9 Å². The topological polar surface area (TPSA) is 49.7 Å². The maximum Gasteiger partial charge on any atom is 0.341 e. The number of nitrogens with zero attached hydrogens (tertiary/aromatic N) is 1. The summed E-state index contributed by atoms with van der Waals surface area (Å²) in [5.41, 5.74) is 4.13. The second-order valence-corrected chi connectivity index (χ2v) is 9.16. The van der Waals surface area contributed by atoms with Crippen LogP contribution in [0.1, 0.15) is 34.6 Å². The van der Waals surface area contributed by atoms with Crippen molar-refractivity contribution in [2.45, 2.75) is 24.7 Å². The molecule has 5 nitrogen and oxygen atoms in total. The summed E-state index contributed by atoms with van der Waals surface area (Å²) in [5.74, 6) is 0.304. The number of carbonyl (C=O) groups is 1. The van der Waals surface area contributed by atoms with Gasteiger partial charge in [0.1, 0.15) is 6.26 Å². The second-order valence-electron chi connectivity index (χ2n) is 7.37. The summed E-state index contributed by atoms with van der Waals surface area (Å²) in [6, 6.07) is 17.4. The third kappa shape index (κ3) is 5.00. The molecule has 3 aromatic rings.